The second-order valence-electron chi connectivity index (χ2n) is 7.72. The van der Waals surface area contributed by atoms with Gasteiger partial charge in [-0.25, -0.2) is 0 Å². The molecule has 1 aliphatic heterocycles. The van der Waals surface area contributed by atoms with E-state index in [1.807, 2.05) is 48.2 Å². The number of nitrogens with one attached hydrogen (secondary N) is 1. The van der Waals surface area contributed by atoms with Crippen molar-refractivity contribution in [2.45, 2.75) is 39.7 Å². The van der Waals surface area contributed by atoms with Crippen molar-refractivity contribution in [3.05, 3.63) is 41.5 Å². The van der Waals surface area contributed by atoms with E-state index >= 15 is 0 Å². The maximum absolute atomic E-state index is 13.0. The number of rotatable bonds is 7. The lowest BCUT2D eigenvalue weighted by Crippen LogP contribution is -2.54. The molecule has 5 heteroatoms. The quantitative estimate of drug-likeness (QED) is 0.750. The number of piperazine rings is 1. The monoisotopic (exact) mass is 371 g/mol. The van der Waals surface area contributed by atoms with Crippen molar-refractivity contribution < 1.29 is 9.59 Å². The van der Waals surface area contributed by atoms with E-state index < -0.39 is 6.04 Å². The van der Waals surface area contributed by atoms with Crippen molar-refractivity contribution in [2.75, 3.05) is 33.2 Å². The van der Waals surface area contributed by atoms with Gasteiger partial charge in [0.2, 0.25) is 11.8 Å². The number of amides is 2. The van der Waals surface area contributed by atoms with Crippen LogP contribution in [0.1, 0.15) is 39.2 Å². The third kappa shape index (κ3) is 6.51. The first kappa shape index (κ1) is 21.2. The molecular formula is C22H33N3O2. The molecule has 1 aromatic rings. The highest BCUT2D eigenvalue weighted by atomic mass is 16.2. The van der Waals surface area contributed by atoms with E-state index in [-0.39, 0.29) is 11.8 Å². The predicted octanol–water partition coefficient (Wildman–Crippen LogP) is 2.78. The molecule has 0 bridgehead atoms. The van der Waals surface area contributed by atoms with Gasteiger partial charge in [-0.3, -0.25) is 9.59 Å². The molecule has 1 saturated heterocycles. The third-order valence-corrected chi connectivity index (χ3v) is 4.94. The van der Waals surface area contributed by atoms with Gasteiger partial charge in [-0.05, 0) is 37.4 Å². The van der Waals surface area contributed by atoms with Crippen LogP contribution < -0.4 is 5.32 Å². The Bertz CT molecular complexity index is 647. The molecule has 0 aliphatic carbocycles. The second-order valence-corrected chi connectivity index (χ2v) is 7.72. The van der Waals surface area contributed by atoms with Gasteiger partial charge in [-0.2, -0.15) is 0 Å². The highest BCUT2D eigenvalue weighted by molar-refractivity contribution is 6.00. The van der Waals surface area contributed by atoms with Crippen LogP contribution in [0.4, 0.5) is 0 Å². The molecule has 0 saturated carbocycles. The maximum Gasteiger partial charge on any atom is 0.247 e. The summed E-state index contributed by atoms with van der Waals surface area (Å²) in [4.78, 5) is 30.0. The Labute approximate surface area is 163 Å². The van der Waals surface area contributed by atoms with Crippen LogP contribution in [0.2, 0.25) is 0 Å². The summed E-state index contributed by atoms with van der Waals surface area (Å²) in [5, 5.41) is 3.02. The lowest BCUT2D eigenvalue weighted by atomic mass is 10.0. The lowest BCUT2D eigenvalue weighted by Gasteiger charge is -2.35. The van der Waals surface area contributed by atoms with Gasteiger partial charge in [0.25, 0.3) is 0 Å². The minimum Gasteiger partial charge on any atom is -0.341 e. The Morgan fingerprint density at radius 1 is 1.11 bits per heavy atom. The molecule has 0 unspecified atom stereocenters. The van der Waals surface area contributed by atoms with Crippen molar-refractivity contribution in [1.29, 1.82) is 0 Å². The van der Waals surface area contributed by atoms with E-state index in [0.717, 1.165) is 31.7 Å². The average Bonchev–Trinajstić information content (AvgIpc) is 2.66. The lowest BCUT2D eigenvalue weighted by molar-refractivity contribution is -0.137. The van der Waals surface area contributed by atoms with E-state index in [9.17, 15) is 9.59 Å². The summed E-state index contributed by atoms with van der Waals surface area (Å²) in [6.07, 6.45) is 3.18. The molecule has 27 heavy (non-hydrogen) atoms. The molecular weight excluding hydrogens is 338 g/mol. The number of nitrogens with zero attached hydrogens (tertiary/aromatic N) is 2. The van der Waals surface area contributed by atoms with Crippen molar-refractivity contribution in [3.8, 4) is 0 Å². The number of hydrogen-bond donors (Lipinski definition) is 1. The van der Waals surface area contributed by atoms with Gasteiger partial charge in [0.1, 0.15) is 6.04 Å². The molecule has 0 radical (unpaired) electrons. The SMILES string of the molecule is CC/C(=C\c1ccccc1)C(=O)N[C@H](CC(C)C)C(=O)N1CCN(C)CC1. The van der Waals surface area contributed by atoms with Crippen LogP contribution in [0.25, 0.3) is 6.08 Å². The Balaban J connectivity index is 2.10. The van der Waals surface area contributed by atoms with E-state index in [0.29, 0.717) is 24.3 Å². The molecule has 1 atom stereocenters. The van der Waals surface area contributed by atoms with Crippen molar-refractivity contribution in [2.24, 2.45) is 5.92 Å². The van der Waals surface area contributed by atoms with Crippen LogP contribution in [-0.4, -0.2) is 60.9 Å². The molecule has 5 nitrogen and oxygen atoms in total. The molecule has 1 heterocycles. The van der Waals surface area contributed by atoms with Gasteiger partial charge in [-0.1, -0.05) is 51.1 Å². The van der Waals surface area contributed by atoms with Gasteiger partial charge in [0.05, 0.1) is 0 Å². The molecule has 2 rings (SSSR count). The standard InChI is InChI=1S/C22H33N3O2/c1-5-19(16-18-9-7-6-8-10-18)21(26)23-20(15-17(2)3)22(27)25-13-11-24(4)12-14-25/h6-10,16-17,20H,5,11-15H2,1-4H3,(H,23,26)/b19-16+/t20-/m1/s1. The number of likely N-dealkylation sites (N-methyl/N-ethyl adjacent to an activating group) is 1. The summed E-state index contributed by atoms with van der Waals surface area (Å²) in [5.74, 6) is 0.227. The zero-order valence-electron chi connectivity index (χ0n) is 17.1. The minimum absolute atomic E-state index is 0.0420. The van der Waals surface area contributed by atoms with Gasteiger partial charge >= 0.3 is 0 Å². The van der Waals surface area contributed by atoms with Gasteiger partial charge < -0.3 is 15.1 Å². The fourth-order valence-electron chi connectivity index (χ4n) is 3.27. The van der Waals surface area contributed by atoms with E-state index in [1.165, 1.54) is 0 Å². The summed E-state index contributed by atoms with van der Waals surface area (Å²) in [6.45, 7) is 9.33. The molecule has 0 spiro atoms. The number of hydrogen-bond acceptors (Lipinski definition) is 3. The zero-order valence-corrected chi connectivity index (χ0v) is 17.1. The summed E-state index contributed by atoms with van der Waals surface area (Å²) >= 11 is 0. The highest BCUT2D eigenvalue weighted by Crippen LogP contribution is 2.14. The number of carbonyl (C=O) groups is 2. The summed E-state index contributed by atoms with van der Waals surface area (Å²) in [7, 11) is 2.07. The largest absolute Gasteiger partial charge is 0.341 e. The van der Waals surface area contributed by atoms with Gasteiger partial charge in [-0.15, -0.1) is 0 Å². The van der Waals surface area contributed by atoms with Crippen LogP contribution in [0.3, 0.4) is 0 Å². The zero-order chi connectivity index (χ0) is 19.8. The molecule has 0 aromatic heterocycles. The van der Waals surface area contributed by atoms with E-state index in [1.54, 1.807) is 0 Å². The first-order valence-corrected chi connectivity index (χ1v) is 9.94. The van der Waals surface area contributed by atoms with Crippen molar-refractivity contribution >= 4 is 17.9 Å². The van der Waals surface area contributed by atoms with E-state index in [4.69, 9.17) is 0 Å². The van der Waals surface area contributed by atoms with Crippen LogP contribution in [0.5, 0.6) is 0 Å². The molecule has 2 amide bonds. The first-order chi connectivity index (χ1) is 12.9. The summed E-state index contributed by atoms with van der Waals surface area (Å²) in [6, 6.07) is 9.35. The van der Waals surface area contributed by atoms with Crippen molar-refractivity contribution in [3.63, 3.8) is 0 Å². The topological polar surface area (TPSA) is 52.7 Å². The van der Waals surface area contributed by atoms with Gasteiger partial charge in [0, 0.05) is 31.8 Å². The fraction of sp³-hybridized carbons (Fsp3) is 0.545. The smallest absolute Gasteiger partial charge is 0.247 e. The summed E-state index contributed by atoms with van der Waals surface area (Å²) in [5.41, 5.74) is 1.69. The Kier molecular flexibility index (Phi) is 8.04. The van der Waals surface area contributed by atoms with Crippen LogP contribution in [0, 0.1) is 5.92 Å². The first-order valence-electron chi connectivity index (χ1n) is 9.94. The normalized spacial score (nSPS) is 17.1. The predicted molar refractivity (Wildman–Crippen MR) is 110 cm³/mol. The fourth-order valence-corrected chi connectivity index (χ4v) is 3.27. The maximum atomic E-state index is 13.0. The Morgan fingerprint density at radius 2 is 1.74 bits per heavy atom. The third-order valence-electron chi connectivity index (χ3n) is 4.94. The molecule has 1 aromatic carbocycles. The van der Waals surface area contributed by atoms with Crippen LogP contribution in [0.15, 0.2) is 35.9 Å². The van der Waals surface area contributed by atoms with Crippen LogP contribution in [-0.2, 0) is 9.59 Å². The molecule has 148 valence electrons. The van der Waals surface area contributed by atoms with E-state index in [2.05, 4.69) is 31.1 Å². The average molecular weight is 372 g/mol. The highest BCUT2D eigenvalue weighted by Gasteiger charge is 2.29. The molecule has 1 aliphatic rings. The number of carbonyl (C=O) groups excluding carboxylic acids is 2. The Hall–Kier alpha value is -2.14. The van der Waals surface area contributed by atoms with Crippen molar-refractivity contribution in [1.82, 2.24) is 15.1 Å². The van der Waals surface area contributed by atoms with Gasteiger partial charge in [0.15, 0.2) is 0 Å². The summed E-state index contributed by atoms with van der Waals surface area (Å²) < 4.78 is 0. The Morgan fingerprint density at radius 3 is 2.30 bits per heavy atom. The minimum atomic E-state index is -0.466. The number of benzene rings is 1. The second kappa shape index (κ2) is 10.3. The molecule has 1 fully saturated rings. The van der Waals surface area contributed by atoms with Crippen LogP contribution >= 0.6 is 0 Å². The molecule has 1 N–H and O–H groups in total.